The van der Waals surface area contributed by atoms with Crippen LogP contribution in [0.2, 0.25) is 0 Å². The molecule has 2 aromatic rings. The summed E-state index contributed by atoms with van der Waals surface area (Å²) in [6, 6.07) is 12.8. The average Bonchev–Trinajstić information content (AvgIpc) is 2.79. The van der Waals surface area contributed by atoms with E-state index >= 15 is 0 Å². The van der Waals surface area contributed by atoms with Gasteiger partial charge in [-0.15, -0.1) is 0 Å². The Hall–Kier alpha value is -3.92. The molecule has 0 spiro atoms. The van der Waals surface area contributed by atoms with Crippen molar-refractivity contribution in [3.63, 3.8) is 0 Å². The number of esters is 1. The summed E-state index contributed by atoms with van der Waals surface area (Å²) in [6.07, 6.45) is 1.74. The van der Waals surface area contributed by atoms with Crippen molar-refractivity contribution in [1.82, 2.24) is 0 Å². The summed E-state index contributed by atoms with van der Waals surface area (Å²) in [7, 11) is 4.62. The first-order valence-electron chi connectivity index (χ1n) is 9.41. The minimum Gasteiger partial charge on any atom is -0.493 e. The highest BCUT2D eigenvalue weighted by atomic mass is 16.6. The molecule has 0 amide bonds. The molecular weight excluding hydrogens is 398 g/mol. The summed E-state index contributed by atoms with van der Waals surface area (Å²) in [6.45, 7) is 5.36. The monoisotopic (exact) mass is 423 g/mol. The van der Waals surface area contributed by atoms with Crippen LogP contribution in [0, 0.1) is 11.3 Å². The van der Waals surface area contributed by atoms with Gasteiger partial charge in [-0.3, -0.25) is 0 Å². The molecule has 0 aromatic heterocycles. The van der Waals surface area contributed by atoms with E-state index in [0.717, 1.165) is 5.56 Å². The molecule has 0 saturated carbocycles. The molecular formula is C24H25NO6. The van der Waals surface area contributed by atoms with Crippen molar-refractivity contribution in [1.29, 1.82) is 5.26 Å². The number of hydrogen-bond acceptors (Lipinski definition) is 7. The Morgan fingerprint density at radius 1 is 0.968 bits per heavy atom. The number of rotatable bonds is 10. The van der Waals surface area contributed by atoms with Crippen molar-refractivity contribution in [3.8, 4) is 29.1 Å². The third-order valence-corrected chi connectivity index (χ3v) is 4.24. The van der Waals surface area contributed by atoms with Crippen molar-refractivity contribution in [3.05, 3.63) is 59.7 Å². The van der Waals surface area contributed by atoms with Gasteiger partial charge in [-0.25, -0.2) is 4.79 Å². The minimum absolute atomic E-state index is 0.0917. The quantitative estimate of drug-likeness (QED) is 0.185. The van der Waals surface area contributed by atoms with Crippen LogP contribution >= 0.6 is 0 Å². The number of nitriles is 1. The second-order valence-electron chi connectivity index (χ2n) is 6.41. The summed E-state index contributed by atoms with van der Waals surface area (Å²) in [5, 5.41) is 9.65. The number of allylic oxidation sites excluding steroid dienone is 1. The maximum atomic E-state index is 11.4. The predicted octanol–water partition coefficient (Wildman–Crippen LogP) is 4.27. The Balaban J connectivity index is 2.19. The van der Waals surface area contributed by atoms with Crippen molar-refractivity contribution < 1.29 is 28.5 Å². The summed E-state index contributed by atoms with van der Waals surface area (Å²) >= 11 is 0. The molecule has 31 heavy (non-hydrogen) atoms. The van der Waals surface area contributed by atoms with Crippen molar-refractivity contribution in [2.45, 2.75) is 6.92 Å². The first kappa shape index (κ1) is 23.4. The molecule has 162 valence electrons. The Bertz CT molecular complexity index is 1020. The number of carbonyl (C=O) groups excluding carboxylic acids is 1. The molecule has 0 bridgehead atoms. The molecule has 0 aliphatic carbocycles. The van der Waals surface area contributed by atoms with Crippen LogP contribution in [0.25, 0.3) is 11.6 Å². The number of hydrogen-bond donors (Lipinski definition) is 0. The second kappa shape index (κ2) is 11.3. The number of ether oxygens (including phenoxy) is 5. The van der Waals surface area contributed by atoms with Crippen molar-refractivity contribution in [2.24, 2.45) is 0 Å². The lowest BCUT2D eigenvalue weighted by Crippen LogP contribution is -2.12. The summed E-state index contributed by atoms with van der Waals surface area (Å²) in [5.74, 6) is 1.64. The van der Waals surface area contributed by atoms with Crippen LogP contribution in [0.5, 0.6) is 23.0 Å². The van der Waals surface area contributed by atoms with Gasteiger partial charge in [0.15, 0.2) is 23.0 Å². The van der Waals surface area contributed by atoms with Crippen LogP contribution in [0.4, 0.5) is 0 Å². The highest BCUT2D eigenvalue weighted by Gasteiger charge is 2.10. The van der Waals surface area contributed by atoms with Gasteiger partial charge in [0, 0.05) is 5.57 Å². The van der Waals surface area contributed by atoms with Gasteiger partial charge in [0.05, 0.1) is 33.0 Å². The molecule has 0 fully saturated rings. The summed E-state index contributed by atoms with van der Waals surface area (Å²) in [5.41, 5.74) is 2.22. The molecule has 0 heterocycles. The van der Waals surface area contributed by atoms with E-state index in [1.54, 1.807) is 63.6 Å². The fourth-order valence-electron chi connectivity index (χ4n) is 2.65. The molecule has 2 rings (SSSR count). The van der Waals surface area contributed by atoms with E-state index < -0.39 is 5.97 Å². The summed E-state index contributed by atoms with van der Waals surface area (Å²) < 4.78 is 26.6. The summed E-state index contributed by atoms with van der Waals surface area (Å²) in [4.78, 5) is 11.4. The molecule has 0 unspecified atom stereocenters. The average molecular weight is 423 g/mol. The maximum Gasteiger partial charge on any atom is 0.333 e. The van der Waals surface area contributed by atoms with Crippen LogP contribution in [-0.4, -0.2) is 40.5 Å². The lowest BCUT2D eigenvalue weighted by atomic mass is 10.0. The minimum atomic E-state index is -0.463. The van der Waals surface area contributed by atoms with E-state index in [-0.39, 0.29) is 13.2 Å². The predicted molar refractivity (Wildman–Crippen MR) is 117 cm³/mol. The number of nitrogens with zero attached hydrogens (tertiary/aromatic N) is 1. The van der Waals surface area contributed by atoms with Gasteiger partial charge in [0.1, 0.15) is 13.2 Å². The van der Waals surface area contributed by atoms with E-state index in [0.29, 0.717) is 39.7 Å². The largest absolute Gasteiger partial charge is 0.493 e. The van der Waals surface area contributed by atoms with E-state index in [2.05, 4.69) is 12.6 Å². The highest BCUT2D eigenvalue weighted by Crippen LogP contribution is 2.32. The van der Waals surface area contributed by atoms with E-state index in [1.807, 2.05) is 0 Å². The zero-order valence-corrected chi connectivity index (χ0v) is 18.1. The fraction of sp³-hybridized carbons (Fsp3) is 0.250. The lowest BCUT2D eigenvalue weighted by Gasteiger charge is -2.12. The smallest absolute Gasteiger partial charge is 0.333 e. The van der Waals surface area contributed by atoms with Crippen LogP contribution in [0.15, 0.2) is 48.6 Å². The van der Waals surface area contributed by atoms with Gasteiger partial charge in [0.25, 0.3) is 0 Å². The zero-order chi connectivity index (χ0) is 22.8. The van der Waals surface area contributed by atoms with Crippen LogP contribution in [-0.2, 0) is 9.53 Å². The van der Waals surface area contributed by atoms with Crippen LogP contribution in [0.3, 0.4) is 0 Å². The van der Waals surface area contributed by atoms with Crippen molar-refractivity contribution in [2.75, 3.05) is 34.5 Å². The standard InChI is InChI=1S/C24H25NO6/c1-16(2)24(26)31-11-10-30-21-8-6-17(13-22(21)28-4)12-19(15-25)18-7-9-20(27-3)23(14-18)29-5/h6-9,12-14H,1,10-11H2,2-5H3/b19-12+. The number of methoxy groups -OCH3 is 3. The Labute approximate surface area is 182 Å². The highest BCUT2D eigenvalue weighted by molar-refractivity contribution is 5.90. The van der Waals surface area contributed by atoms with Gasteiger partial charge < -0.3 is 23.7 Å². The lowest BCUT2D eigenvalue weighted by molar-refractivity contribution is -0.139. The second-order valence-corrected chi connectivity index (χ2v) is 6.41. The molecule has 0 aliphatic heterocycles. The maximum absolute atomic E-state index is 11.4. The Kier molecular flexibility index (Phi) is 8.52. The van der Waals surface area contributed by atoms with Gasteiger partial charge in [-0.2, -0.15) is 5.26 Å². The third kappa shape index (κ3) is 6.28. The first-order chi connectivity index (χ1) is 14.9. The molecule has 0 aliphatic rings. The molecule has 0 atom stereocenters. The topological polar surface area (TPSA) is 87.0 Å². The molecule has 0 saturated heterocycles. The normalized spacial score (nSPS) is 10.6. The molecule has 7 nitrogen and oxygen atoms in total. The van der Waals surface area contributed by atoms with Crippen LogP contribution in [0.1, 0.15) is 18.1 Å². The first-order valence-corrected chi connectivity index (χ1v) is 9.41. The fourth-order valence-corrected chi connectivity index (χ4v) is 2.65. The SMILES string of the molecule is C=C(C)C(=O)OCCOc1ccc(/C=C(\C#N)c2ccc(OC)c(OC)c2)cc1OC. The van der Waals surface area contributed by atoms with Crippen LogP contribution < -0.4 is 18.9 Å². The van der Waals surface area contributed by atoms with Gasteiger partial charge in [-0.1, -0.05) is 12.6 Å². The zero-order valence-electron chi connectivity index (χ0n) is 18.1. The van der Waals surface area contributed by atoms with Gasteiger partial charge >= 0.3 is 5.97 Å². The molecule has 7 heteroatoms. The van der Waals surface area contributed by atoms with Gasteiger partial charge in [0.2, 0.25) is 0 Å². The Morgan fingerprint density at radius 2 is 1.61 bits per heavy atom. The van der Waals surface area contributed by atoms with E-state index in [9.17, 15) is 10.1 Å². The molecule has 0 N–H and O–H groups in total. The number of carbonyl (C=O) groups is 1. The molecule has 0 radical (unpaired) electrons. The Morgan fingerprint density at radius 3 is 2.23 bits per heavy atom. The van der Waals surface area contributed by atoms with Crippen molar-refractivity contribution >= 4 is 17.6 Å². The molecule has 2 aromatic carbocycles. The third-order valence-electron chi connectivity index (χ3n) is 4.24. The van der Waals surface area contributed by atoms with E-state index in [4.69, 9.17) is 23.7 Å². The van der Waals surface area contributed by atoms with E-state index in [1.165, 1.54) is 7.11 Å². The van der Waals surface area contributed by atoms with Gasteiger partial charge in [-0.05, 0) is 54.5 Å². The number of benzene rings is 2.